The number of carbonyl (C=O) groups is 2. The molecule has 0 aromatic heterocycles. The lowest BCUT2D eigenvalue weighted by Gasteiger charge is -2.29. The van der Waals surface area contributed by atoms with Gasteiger partial charge in [-0.05, 0) is 54.8 Å². The number of ether oxygens (including phenoxy) is 2. The highest BCUT2D eigenvalue weighted by molar-refractivity contribution is 6.46. The van der Waals surface area contributed by atoms with Gasteiger partial charge in [-0.2, -0.15) is 0 Å². The fourth-order valence-electron chi connectivity index (χ4n) is 4.60. The van der Waals surface area contributed by atoms with Gasteiger partial charge in [0.15, 0.2) is 0 Å². The first kappa shape index (κ1) is 25.7. The number of hydrogen-bond acceptors (Lipinski definition) is 7. The quantitative estimate of drug-likeness (QED) is 0.225. The van der Waals surface area contributed by atoms with E-state index in [-0.39, 0.29) is 17.1 Å². The van der Waals surface area contributed by atoms with Crippen molar-refractivity contribution in [3.8, 4) is 11.5 Å². The summed E-state index contributed by atoms with van der Waals surface area (Å²) in [5, 5.41) is 21.0. The van der Waals surface area contributed by atoms with Crippen LogP contribution in [-0.4, -0.2) is 77.7 Å². The number of unbranched alkanes of at least 4 members (excludes halogenated alkanes) is 1. The Bertz CT molecular complexity index is 1070. The number of phenolic OH excluding ortho intramolecular Hbond substituents is 1. The number of hydrogen-bond donors (Lipinski definition) is 2. The molecule has 192 valence electrons. The van der Waals surface area contributed by atoms with Crippen LogP contribution in [0.3, 0.4) is 0 Å². The van der Waals surface area contributed by atoms with Crippen LogP contribution in [0.25, 0.3) is 5.76 Å². The SMILES string of the molecule is CCCCOc1ccc(C(O)=C2C(=O)C(=O)N(CCCN3CCOCC3)[C@H]2c2ccc(O)cc2)cc1. The number of aliphatic hydroxyl groups excluding tert-OH is 1. The van der Waals surface area contributed by atoms with Gasteiger partial charge in [-0.1, -0.05) is 25.5 Å². The predicted octanol–water partition coefficient (Wildman–Crippen LogP) is 3.72. The highest BCUT2D eigenvalue weighted by Gasteiger charge is 2.45. The molecule has 8 heteroatoms. The molecule has 2 saturated heterocycles. The van der Waals surface area contributed by atoms with Crippen LogP contribution in [0.2, 0.25) is 0 Å². The van der Waals surface area contributed by atoms with E-state index in [1.165, 1.54) is 17.0 Å². The molecular formula is C28H34N2O6. The number of Topliss-reactive ketones (excluding diaryl/α,β-unsaturated/α-hetero) is 1. The summed E-state index contributed by atoms with van der Waals surface area (Å²) in [4.78, 5) is 30.1. The van der Waals surface area contributed by atoms with Crippen molar-refractivity contribution in [3.05, 3.63) is 65.2 Å². The van der Waals surface area contributed by atoms with Gasteiger partial charge in [-0.25, -0.2) is 0 Å². The van der Waals surface area contributed by atoms with E-state index in [4.69, 9.17) is 9.47 Å². The molecule has 0 saturated carbocycles. The third-order valence-corrected chi connectivity index (χ3v) is 6.62. The van der Waals surface area contributed by atoms with Gasteiger partial charge in [0.2, 0.25) is 0 Å². The Morgan fingerprint density at radius 3 is 2.36 bits per heavy atom. The average Bonchev–Trinajstić information content (AvgIpc) is 3.15. The summed E-state index contributed by atoms with van der Waals surface area (Å²) in [6.45, 7) is 6.94. The summed E-state index contributed by atoms with van der Waals surface area (Å²) in [5.41, 5.74) is 1.14. The molecule has 36 heavy (non-hydrogen) atoms. The molecule has 0 radical (unpaired) electrons. The second-order valence-electron chi connectivity index (χ2n) is 9.12. The number of aliphatic hydroxyl groups is 1. The van der Waals surface area contributed by atoms with Crippen molar-refractivity contribution in [2.24, 2.45) is 0 Å². The lowest BCUT2D eigenvalue weighted by Crippen LogP contribution is -2.38. The predicted molar refractivity (Wildman–Crippen MR) is 136 cm³/mol. The maximum atomic E-state index is 13.2. The first-order chi connectivity index (χ1) is 17.5. The van der Waals surface area contributed by atoms with Crippen LogP contribution in [0.15, 0.2) is 54.1 Å². The van der Waals surface area contributed by atoms with Gasteiger partial charge in [-0.3, -0.25) is 14.5 Å². The molecule has 2 heterocycles. The van der Waals surface area contributed by atoms with Crippen molar-refractivity contribution >= 4 is 17.4 Å². The molecule has 0 spiro atoms. The Morgan fingerprint density at radius 1 is 1.00 bits per heavy atom. The van der Waals surface area contributed by atoms with Crippen LogP contribution >= 0.6 is 0 Å². The summed E-state index contributed by atoms with van der Waals surface area (Å²) >= 11 is 0. The number of nitrogens with zero attached hydrogens (tertiary/aromatic N) is 2. The zero-order chi connectivity index (χ0) is 25.5. The zero-order valence-corrected chi connectivity index (χ0v) is 20.7. The van der Waals surface area contributed by atoms with Crippen molar-refractivity contribution in [2.75, 3.05) is 46.0 Å². The molecule has 2 aliphatic rings. The standard InChI is InChI=1S/C28H34N2O6/c1-2-3-17-36-23-11-7-21(8-12-23)26(32)24-25(20-5-9-22(31)10-6-20)30(28(34)27(24)33)14-4-13-29-15-18-35-19-16-29/h5-12,25,31-32H,2-4,13-19H2,1H3/t25-/m0/s1. The highest BCUT2D eigenvalue weighted by Crippen LogP contribution is 2.40. The normalized spacial score (nSPS) is 20.1. The molecular weight excluding hydrogens is 460 g/mol. The number of benzene rings is 2. The van der Waals surface area contributed by atoms with Gasteiger partial charge in [0.1, 0.15) is 17.3 Å². The number of morpholine rings is 1. The Kier molecular flexibility index (Phi) is 8.61. The van der Waals surface area contributed by atoms with Crippen molar-refractivity contribution in [3.63, 3.8) is 0 Å². The molecule has 8 nitrogen and oxygen atoms in total. The van der Waals surface area contributed by atoms with Gasteiger partial charge < -0.3 is 24.6 Å². The Labute approximate surface area is 211 Å². The molecule has 0 bridgehead atoms. The van der Waals surface area contributed by atoms with Crippen LogP contribution in [0.4, 0.5) is 0 Å². The largest absolute Gasteiger partial charge is 0.508 e. The minimum Gasteiger partial charge on any atom is -0.508 e. The van der Waals surface area contributed by atoms with E-state index in [2.05, 4.69) is 11.8 Å². The van der Waals surface area contributed by atoms with E-state index in [0.717, 1.165) is 32.5 Å². The van der Waals surface area contributed by atoms with E-state index < -0.39 is 17.7 Å². The molecule has 0 aliphatic carbocycles. The van der Waals surface area contributed by atoms with E-state index in [1.807, 2.05) is 0 Å². The van der Waals surface area contributed by atoms with Crippen LogP contribution in [0, 0.1) is 0 Å². The first-order valence-electron chi connectivity index (χ1n) is 12.6. The van der Waals surface area contributed by atoms with Crippen molar-refractivity contribution in [2.45, 2.75) is 32.2 Å². The molecule has 1 atom stereocenters. The lowest BCUT2D eigenvalue weighted by atomic mass is 9.95. The Balaban J connectivity index is 1.60. The van der Waals surface area contributed by atoms with Gasteiger partial charge in [0, 0.05) is 31.7 Å². The van der Waals surface area contributed by atoms with Crippen LogP contribution in [-0.2, 0) is 14.3 Å². The van der Waals surface area contributed by atoms with Crippen molar-refractivity contribution < 1.29 is 29.3 Å². The lowest BCUT2D eigenvalue weighted by molar-refractivity contribution is -0.140. The van der Waals surface area contributed by atoms with Gasteiger partial charge in [0.25, 0.3) is 11.7 Å². The maximum Gasteiger partial charge on any atom is 0.295 e. The van der Waals surface area contributed by atoms with Crippen LogP contribution < -0.4 is 4.74 Å². The second-order valence-corrected chi connectivity index (χ2v) is 9.12. The molecule has 2 aliphatic heterocycles. The number of rotatable bonds is 10. The first-order valence-corrected chi connectivity index (χ1v) is 12.6. The average molecular weight is 495 g/mol. The van der Waals surface area contributed by atoms with Crippen molar-refractivity contribution in [1.29, 1.82) is 0 Å². The Morgan fingerprint density at radius 2 is 1.69 bits per heavy atom. The van der Waals surface area contributed by atoms with E-state index in [1.54, 1.807) is 36.4 Å². The molecule has 0 unspecified atom stereocenters. The number of aromatic hydroxyl groups is 1. The molecule has 2 aromatic carbocycles. The summed E-state index contributed by atoms with van der Waals surface area (Å²) in [7, 11) is 0. The molecule has 2 N–H and O–H groups in total. The number of amides is 1. The molecule has 1 amide bonds. The summed E-state index contributed by atoms with van der Waals surface area (Å²) in [5.74, 6) is -0.793. The zero-order valence-electron chi connectivity index (χ0n) is 20.7. The highest BCUT2D eigenvalue weighted by atomic mass is 16.5. The smallest absolute Gasteiger partial charge is 0.295 e. The number of likely N-dealkylation sites (tertiary alicyclic amines) is 1. The van der Waals surface area contributed by atoms with Gasteiger partial charge in [0.05, 0.1) is 31.4 Å². The Hall–Kier alpha value is -3.36. The summed E-state index contributed by atoms with van der Waals surface area (Å²) < 4.78 is 11.1. The minimum atomic E-state index is -0.740. The van der Waals surface area contributed by atoms with E-state index in [0.29, 0.717) is 49.7 Å². The fraction of sp³-hybridized carbons (Fsp3) is 0.429. The third-order valence-electron chi connectivity index (χ3n) is 6.62. The topological polar surface area (TPSA) is 99.5 Å². The van der Waals surface area contributed by atoms with Gasteiger partial charge in [-0.15, -0.1) is 0 Å². The van der Waals surface area contributed by atoms with Gasteiger partial charge >= 0.3 is 0 Å². The third kappa shape index (κ3) is 5.88. The molecule has 4 rings (SSSR count). The minimum absolute atomic E-state index is 0.0525. The van der Waals surface area contributed by atoms with Crippen LogP contribution in [0.1, 0.15) is 43.4 Å². The number of carbonyl (C=O) groups excluding carboxylic acids is 2. The number of phenols is 1. The second kappa shape index (κ2) is 12.1. The number of ketones is 1. The van der Waals surface area contributed by atoms with Crippen LogP contribution in [0.5, 0.6) is 11.5 Å². The molecule has 2 aromatic rings. The van der Waals surface area contributed by atoms with Crippen molar-refractivity contribution in [1.82, 2.24) is 9.80 Å². The summed E-state index contributed by atoms with van der Waals surface area (Å²) in [6, 6.07) is 12.5. The summed E-state index contributed by atoms with van der Waals surface area (Å²) in [6.07, 6.45) is 2.66. The monoisotopic (exact) mass is 494 g/mol. The van der Waals surface area contributed by atoms with E-state index >= 15 is 0 Å². The fourth-order valence-corrected chi connectivity index (χ4v) is 4.60. The maximum absolute atomic E-state index is 13.2. The van der Waals surface area contributed by atoms with E-state index in [9.17, 15) is 19.8 Å². The molecule has 2 fully saturated rings.